The molecule has 0 fully saturated rings. The van der Waals surface area contributed by atoms with Crippen molar-refractivity contribution in [2.75, 3.05) is 11.1 Å². The van der Waals surface area contributed by atoms with Crippen LogP contribution < -0.4 is 16.6 Å². The zero-order valence-corrected chi connectivity index (χ0v) is 18.3. The van der Waals surface area contributed by atoms with Crippen LogP contribution in [0.3, 0.4) is 0 Å². The zero-order valence-electron chi connectivity index (χ0n) is 16.7. The first-order chi connectivity index (χ1) is 13.7. The Labute approximate surface area is 174 Å². The Morgan fingerprint density at radius 3 is 2.59 bits per heavy atom. The Morgan fingerprint density at radius 1 is 1.28 bits per heavy atom. The number of carbonyl (C=O) groups excluding carboxylic acids is 1. The number of nitriles is 1. The summed E-state index contributed by atoms with van der Waals surface area (Å²) in [5.41, 5.74) is 1.09. The van der Waals surface area contributed by atoms with Crippen molar-refractivity contribution < 1.29 is 4.79 Å². The normalized spacial score (nSPS) is 11.0. The number of anilines is 1. The van der Waals surface area contributed by atoms with Crippen molar-refractivity contribution in [3.8, 4) is 6.07 Å². The molecule has 29 heavy (non-hydrogen) atoms. The van der Waals surface area contributed by atoms with Crippen LogP contribution in [0.15, 0.2) is 14.7 Å². The highest BCUT2D eigenvalue weighted by atomic mass is 32.2. The summed E-state index contributed by atoms with van der Waals surface area (Å²) in [6.07, 6.45) is 0. The van der Waals surface area contributed by atoms with Crippen LogP contribution in [0, 0.1) is 25.2 Å². The number of thiophene rings is 1. The lowest BCUT2D eigenvalue weighted by Crippen LogP contribution is -2.37. The summed E-state index contributed by atoms with van der Waals surface area (Å²) < 4.78 is 4.07. The second-order valence-electron chi connectivity index (χ2n) is 6.45. The summed E-state index contributed by atoms with van der Waals surface area (Å²) in [7, 11) is 2.98. The number of amides is 1. The lowest BCUT2D eigenvalue weighted by molar-refractivity contribution is -0.113. The van der Waals surface area contributed by atoms with Crippen molar-refractivity contribution in [2.24, 2.45) is 14.1 Å². The molecule has 0 atom stereocenters. The molecule has 0 saturated carbocycles. The first-order valence-corrected chi connectivity index (χ1v) is 10.6. The van der Waals surface area contributed by atoms with Crippen LogP contribution in [0.25, 0.3) is 11.2 Å². The largest absolute Gasteiger partial charge is 0.332 e. The second-order valence-corrected chi connectivity index (χ2v) is 8.62. The summed E-state index contributed by atoms with van der Waals surface area (Å²) in [6, 6.07) is 2.13. The number of imidazole rings is 1. The Morgan fingerprint density at radius 2 is 1.97 bits per heavy atom. The van der Waals surface area contributed by atoms with Crippen molar-refractivity contribution in [1.82, 2.24) is 18.7 Å². The average Bonchev–Trinajstić information content (AvgIpc) is 3.20. The summed E-state index contributed by atoms with van der Waals surface area (Å²) in [6.45, 7) is 6.09. The van der Waals surface area contributed by atoms with E-state index in [0.717, 1.165) is 15.0 Å². The number of fused-ring (bicyclic) bond motifs is 1. The van der Waals surface area contributed by atoms with Crippen LogP contribution in [-0.2, 0) is 25.4 Å². The van der Waals surface area contributed by atoms with Crippen LogP contribution in [0.5, 0.6) is 0 Å². The number of nitrogens with one attached hydrogen (secondary N) is 1. The summed E-state index contributed by atoms with van der Waals surface area (Å²) in [5.74, 6) is -0.220. The fraction of sp³-hybridized carbons (Fsp3) is 0.389. The van der Waals surface area contributed by atoms with Crippen molar-refractivity contribution in [1.29, 1.82) is 5.26 Å². The fourth-order valence-corrected chi connectivity index (χ4v) is 4.86. The fourth-order valence-electron chi connectivity index (χ4n) is 2.97. The molecule has 0 aliphatic heterocycles. The monoisotopic (exact) mass is 432 g/mol. The highest BCUT2D eigenvalue weighted by molar-refractivity contribution is 7.99. The molecule has 0 aliphatic rings. The smallest absolute Gasteiger partial charge is 0.316 e. The minimum absolute atomic E-state index is 0.0540. The highest BCUT2D eigenvalue weighted by Crippen LogP contribution is 2.32. The van der Waals surface area contributed by atoms with Gasteiger partial charge in [0.25, 0.3) is 5.56 Å². The van der Waals surface area contributed by atoms with Gasteiger partial charge in [-0.3, -0.25) is 18.7 Å². The molecule has 0 radical (unpaired) electrons. The van der Waals surface area contributed by atoms with E-state index in [4.69, 9.17) is 0 Å². The minimum atomic E-state index is -0.454. The van der Waals surface area contributed by atoms with Crippen LogP contribution >= 0.6 is 23.1 Å². The molecule has 1 amide bonds. The van der Waals surface area contributed by atoms with Gasteiger partial charge in [0.15, 0.2) is 16.3 Å². The Bertz CT molecular complexity index is 1290. The number of aryl methyl sites for hydroxylation is 3. The maximum absolute atomic E-state index is 12.5. The molecule has 0 aromatic carbocycles. The van der Waals surface area contributed by atoms with E-state index in [1.54, 1.807) is 11.6 Å². The van der Waals surface area contributed by atoms with E-state index in [1.807, 2.05) is 20.8 Å². The predicted octanol–water partition coefficient (Wildman–Crippen LogP) is 1.73. The highest BCUT2D eigenvalue weighted by Gasteiger charge is 2.20. The van der Waals surface area contributed by atoms with E-state index in [0.29, 0.717) is 33.4 Å². The van der Waals surface area contributed by atoms with Gasteiger partial charge in [-0.1, -0.05) is 11.8 Å². The molecule has 0 saturated heterocycles. The van der Waals surface area contributed by atoms with E-state index in [1.165, 1.54) is 34.7 Å². The third-order valence-corrected chi connectivity index (χ3v) is 6.81. The van der Waals surface area contributed by atoms with Gasteiger partial charge in [-0.15, -0.1) is 11.3 Å². The Hall–Kier alpha value is -2.84. The maximum Gasteiger partial charge on any atom is 0.332 e. The van der Waals surface area contributed by atoms with Gasteiger partial charge in [0, 0.05) is 25.5 Å². The molecule has 3 rings (SSSR count). The van der Waals surface area contributed by atoms with Gasteiger partial charge in [-0.25, -0.2) is 9.78 Å². The molecule has 0 unspecified atom stereocenters. The molecule has 152 valence electrons. The summed E-state index contributed by atoms with van der Waals surface area (Å²) in [4.78, 5) is 42.5. The van der Waals surface area contributed by atoms with E-state index < -0.39 is 11.2 Å². The van der Waals surface area contributed by atoms with Gasteiger partial charge in [-0.2, -0.15) is 5.26 Å². The molecule has 9 nitrogen and oxygen atoms in total. The van der Waals surface area contributed by atoms with E-state index in [2.05, 4.69) is 16.4 Å². The third-order valence-electron chi connectivity index (χ3n) is 4.71. The quantitative estimate of drug-likeness (QED) is 0.614. The number of carbonyl (C=O) groups is 1. The minimum Gasteiger partial charge on any atom is -0.316 e. The molecule has 0 aliphatic carbocycles. The Balaban J connectivity index is 1.89. The number of hydrogen-bond donors (Lipinski definition) is 1. The van der Waals surface area contributed by atoms with Gasteiger partial charge in [0.1, 0.15) is 11.1 Å². The molecule has 0 spiro atoms. The van der Waals surface area contributed by atoms with Crippen molar-refractivity contribution in [3.63, 3.8) is 0 Å². The van der Waals surface area contributed by atoms with Gasteiger partial charge in [0.2, 0.25) is 5.91 Å². The zero-order chi connectivity index (χ0) is 21.5. The first kappa shape index (κ1) is 20.9. The SMILES string of the molecule is CCn1c(SCC(=O)Nc2sc(C)c(C)c2C#N)nc2c1c(=O)n(C)c(=O)n2C. The van der Waals surface area contributed by atoms with E-state index in [9.17, 15) is 19.6 Å². The van der Waals surface area contributed by atoms with E-state index in [-0.39, 0.29) is 11.7 Å². The van der Waals surface area contributed by atoms with Crippen molar-refractivity contribution >= 4 is 45.2 Å². The maximum atomic E-state index is 12.5. The van der Waals surface area contributed by atoms with Gasteiger partial charge in [0.05, 0.1) is 11.3 Å². The molecular weight excluding hydrogens is 412 g/mol. The predicted molar refractivity (Wildman–Crippen MR) is 114 cm³/mol. The van der Waals surface area contributed by atoms with Crippen LogP contribution in [0.4, 0.5) is 5.00 Å². The number of hydrogen-bond acceptors (Lipinski definition) is 7. The van der Waals surface area contributed by atoms with Crippen LogP contribution in [0.2, 0.25) is 0 Å². The van der Waals surface area contributed by atoms with E-state index >= 15 is 0 Å². The van der Waals surface area contributed by atoms with Crippen LogP contribution in [0.1, 0.15) is 22.9 Å². The topological polar surface area (TPSA) is 115 Å². The molecular formula is C18H20N6O3S2. The van der Waals surface area contributed by atoms with Gasteiger partial charge >= 0.3 is 5.69 Å². The number of nitrogens with zero attached hydrogens (tertiary/aromatic N) is 5. The lowest BCUT2D eigenvalue weighted by Gasteiger charge is -2.06. The van der Waals surface area contributed by atoms with Crippen molar-refractivity contribution in [3.05, 3.63) is 36.8 Å². The second kappa shape index (κ2) is 7.88. The molecule has 3 aromatic heterocycles. The standard InChI is InChI=1S/C18H20N6O3S2/c1-6-24-13-14(22(4)18(27)23(5)16(13)26)21-17(24)28-8-12(25)20-15-11(7-19)9(2)10(3)29-15/h6,8H2,1-5H3,(H,20,25). The number of aromatic nitrogens is 4. The molecule has 3 heterocycles. The third kappa shape index (κ3) is 3.49. The molecule has 11 heteroatoms. The lowest BCUT2D eigenvalue weighted by atomic mass is 10.2. The molecule has 0 bridgehead atoms. The van der Waals surface area contributed by atoms with Crippen molar-refractivity contribution in [2.45, 2.75) is 32.5 Å². The Kier molecular flexibility index (Phi) is 5.68. The number of thioether (sulfide) groups is 1. The number of rotatable bonds is 5. The molecule has 1 N–H and O–H groups in total. The molecule has 3 aromatic rings. The van der Waals surface area contributed by atoms with Gasteiger partial charge < -0.3 is 9.88 Å². The average molecular weight is 433 g/mol. The first-order valence-electron chi connectivity index (χ1n) is 8.80. The summed E-state index contributed by atoms with van der Waals surface area (Å²) >= 11 is 2.54. The summed E-state index contributed by atoms with van der Waals surface area (Å²) in [5, 5.41) is 13.1. The van der Waals surface area contributed by atoms with Crippen LogP contribution in [-0.4, -0.2) is 30.3 Å². The van der Waals surface area contributed by atoms with Gasteiger partial charge in [-0.05, 0) is 26.3 Å².